The van der Waals surface area contributed by atoms with Gasteiger partial charge in [0, 0.05) is 12.1 Å². The third-order valence-electron chi connectivity index (χ3n) is 6.00. The van der Waals surface area contributed by atoms with E-state index in [9.17, 15) is 4.79 Å². The lowest BCUT2D eigenvalue weighted by Crippen LogP contribution is -2.37. The van der Waals surface area contributed by atoms with Gasteiger partial charge < -0.3 is 10.1 Å². The topological polar surface area (TPSA) is 59.4 Å². The fourth-order valence-electron chi connectivity index (χ4n) is 4.38. The maximum Gasteiger partial charge on any atom is 0.256 e. The van der Waals surface area contributed by atoms with Crippen LogP contribution >= 0.6 is 11.6 Å². The van der Waals surface area contributed by atoms with Gasteiger partial charge in [0.05, 0.1) is 31.0 Å². The average molecular weight is 453 g/mol. The molecule has 4 rings (SSSR count). The van der Waals surface area contributed by atoms with Crippen molar-refractivity contribution in [3.8, 4) is 5.75 Å². The fourth-order valence-corrected chi connectivity index (χ4v) is 4.70. The molecule has 0 bridgehead atoms. The second-order valence-corrected chi connectivity index (χ2v) is 8.46. The lowest BCUT2D eigenvalue weighted by atomic mass is 10.0. The van der Waals surface area contributed by atoms with E-state index >= 15 is 0 Å². The summed E-state index contributed by atoms with van der Waals surface area (Å²) in [6, 6.07) is 18.0. The first kappa shape index (κ1) is 22.4. The molecule has 0 spiro atoms. The Morgan fingerprint density at radius 3 is 2.53 bits per heavy atom. The summed E-state index contributed by atoms with van der Waals surface area (Å²) < 4.78 is 7.28. The molecule has 168 valence electrons. The Hall–Kier alpha value is -2.83. The molecule has 7 heteroatoms. The molecule has 6 nitrogen and oxygen atoms in total. The van der Waals surface area contributed by atoms with Crippen molar-refractivity contribution < 1.29 is 9.53 Å². The van der Waals surface area contributed by atoms with Crippen LogP contribution in [0.15, 0.2) is 54.6 Å². The maximum absolute atomic E-state index is 13.2. The van der Waals surface area contributed by atoms with Crippen LogP contribution in [-0.2, 0) is 6.54 Å². The van der Waals surface area contributed by atoms with Gasteiger partial charge in [0.25, 0.3) is 5.91 Å². The Labute approximate surface area is 194 Å². The molecule has 1 saturated heterocycles. The fraction of sp³-hybridized carbons (Fsp3) is 0.360. The Morgan fingerprint density at radius 2 is 1.81 bits per heavy atom. The first-order valence-electron chi connectivity index (χ1n) is 11.0. The predicted octanol–water partition coefficient (Wildman–Crippen LogP) is 4.47. The highest BCUT2D eigenvalue weighted by Crippen LogP contribution is 2.31. The second-order valence-electron chi connectivity index (χ2n) is 8.11. The summed E-state index contributed by atoms with van der Waals surface area (Å²) in [5.74, 6) is 0.634. The molecule has 2 heterocycles. The number of carbonyl (C=O) groups excluding carboxylic acids is 1. The molecule has 1 atom stereocenters. The van der Waals surface area contributed by atoms with Crippen molar-refractivity contribution in [2.45, 2.75) is 32.4 Å². The molecule has 3 aromatic rings. The molecule has 0 aliphatic carbocycles. The number of aryl methyl sites for hydroxylation is 1. The van der Waals surface area contributed by atoms with E-state index in [-0.39, 0.29) is 11.9 Å². The van der Waals surface area contributed by atoms with Gasteiger partial charge in [-0.05, 0) is 44.5 Å². The van der Waals surface area contributed by atoms with Crippen molar-refractivity contribution in [3.63, 3.8) is 0 Å². The predicted molar refractivity (Wildman–Crippen MR) is 126 cm³/mol. The minimum absolute atomic E-state index is 0.0380. The number of rotatable bonds is 8. The first-order chi connectivity index (χ1) is 15.6. The summed E-state index contributed by atoms with van der Waals surface area (Å²) in [7, 11) is 1.68. The minimum Gasteiger partial charge on any atom is -0.496 e. The van der Waals surface area contributed by atoms with E-state index in [1.165, 1.54) is 0 Å². The normalized spacial score (nSPS) is 15.0. The average Bonchev–Trinajstić information content (AvgIpc) is 3.43. The first-order valence-corrected chi connectivity index (χ1v) is 11.4. The largest absolute Gasteiger partial charge is 0.496 e. The number of aromatic nitrogens is 2. The highest BCUT2D eigenvalue weighted by atomic mass is 35.5. The van der Waals surface area contributed by atoms with Crippen LogP contribution in [0, 0.1) is 6.92 Å². The molecule has 0 saturated carbocycles. The van der Waals surface area contributed by atoms with Crippen molar-refractivity contribution >= 4 is 17.5 Å². The van der Waals surface area contributed by atoms with E-state index < -0.39 is 0 Å². The van der Waals surface area contributed by atoms with Gasteiger partial charge in [-0.2, -0.15) is 5.10 Å². The summed E-state index contributed by atoms with van der Waals surface area (Å²) >= 11 is 6.59. The lowest BCUT2D eigenvalue weighted by Gasteiger charge is -2.29. The molecule has 1 fully saturated rings. The van der Waals surface area contributed by atoms with E-state index in [2.05, 4.69) is 21.4 Å². The third-order valence-corrected chi connectivity index (χ3v) is 6.39. The number of hydrogen-bond acceptors (Lipinski definition) is 4. The van der Waals surface area contributed by atoms with Crippen molar-refractivity contribution in [2.75, 3.05) is 26.7 Å². The highest BCUT2D eigenvalue weighted by molar-refractivity contribution is 6.33. The monoisotopic (exact) mass is 452 g/mol. The molecule has 1 aliphatic heterocycles. The van der Waals surface area contributed by atoms with Crippen LogP contribution in [0.1, 0.15) is 46.1 Å². The Morgan fingerprint density at radius 1 is 1.12 bits per heavy atom. The second kappa shape index (κ2) is 10.2. The standard InChI is InChI=1S/C25H29ClN4O2/c1-18-23(24(26)30(28-18)17-19-10-4-3-5-11-19)25(31)27-16-21(29-14-8-9-15-29)20-12-6-7-13-22(20)32-2/h3-7,10-13,21H,8-9,14-17H2,1-2H3,(H,27,31). The number of nitrogens with zero attached hydrogens (tertiary/aromatic N) is 3. The Kier molecular flexibility index (Phi) is 7.12. The van der Waals surface area contributed by atoms with E-state index in [1.807, 2.05) is 55.5 Å². The van der Waals surface area contributed by atoms with Gasteiger partial charge in [-0.1, -0.05) is 60.1 Å². The van der Waals surface area contributed by atoms with Gasteiger partial charge in [0.1, 0.15) is 10.9 Å². The highest BCUT2D eigenvalue weighted by Gasteiger charge is 2.28. The Balaban J connectivity index is 1.52. The smallest absolute Gasteiger partial charge is 0.256 e. The van der Waals surface area contributed by atoms with Crippen LogP contribution in [0.4, 0.5) is 0 Å². The SMILES string of the molecule is COc1ccccc1C(CNC(=O)c1c(C)nn(Cc2ccccc2)c1Cl)N1CCCC1. The van der Waals surface area contributed by atoms with Crippen molar-refractivity contribution in [1.82, 2.24) is 20.0 Å². The van der Waals surface area contributed by atoms with Crippen LogP contribution < -0.4 is 10.1 Å². The number of nitrogens with one attached hydrogen (secondary N) is 1. The van der Waals surface area contributed by atoms with Gasteiger partial charge in [-0.25, -0.2) is 4.68 Å². The number of methoxy groups -OCH3 is 1. The number of likely N-dealkylation sites (tertiary alicyclic amines) is 1. The number of ether oxygens (including phenoxy) is 1. The van der Waals surface area contributed by atoms with Crippen LogP contribution in [0.2, 0.25) is 5.15 Å². The molecular weight excluding hydrogens is 424 g/mol. The molecule has 1 aliphatic rings. The number of halogens is 1. The number of benzene rings is 2. The van der Waals surface area contributed by atoms with E-state index in [0.29, 0.717) is 29.5 Å². The third kappa shape index (κ3) is 4.81. The van der Waals surface area contributed by atoms with Crippen molar-refractivity contribution in [1.29, 1.82) is 0 Å². The molecule has 1 amide bonds. The van der Waals surface area contributed by atoms with Gasteiger partial charge in [0.15, 0.2) is 0 Å². The van der Waals surface area contributed by atoms with Gasteiger partial charge in [0.2, 0.25) is 0 Å². The molecule has 1 N–H and O–H groups in total. The van der Waals surface area contributed by atoms with Crippen LogP contribution in [0.3, 0.4) is 0 Å². The lowest BCUT2D eigenvalue weighted by molar-refractivity contribution is 0.0937. The summed E-state index contributed by atoms with van der Waals surface area (Å²) in [5.41, 5.74) is 3.22. The van der Waals surface area contributed by atoms with E-state index in [4.69, 9.17) is 16.3 Å². The zero-order valence-corrected chi connectivity index (χ0v) is 19.3. The maximum atomic E-state index is 13.2. The summed E-state index contributed by atoms with van der Waals surface area (Å²) in [6.45, 7) is 4.82. The summed E-state index contributed by atoms with van der Waals surface area (Å²) in [4.78, 5) is 15.6. The van der Waals surface area contributed by atoms with Crippen molar-refractivity contribution in [2.24, 2.45) is 0 Å². The Bertz CT molecular complexity index is 1060. The van der Waals surface area contributed by atoms with Crippen LogP contribution in [0.5, 0.6) is 5.75 Å². The number of hydrogen-bond donors (Lipinski definition) is 1. The summed E-state index contributed by atoms with van der Waals surface area (Å²) in [5, 5.41) is 7.98. The number of amides is 1. The molecule has 1 unspecified atom stereocenters. The molecule has 0 radical (unpaired) electrons. The zero-order valence-electron chi connectivity index (χ0n) is 18.6. The number of para-hydroxylation sites is 1. The van der Waals surface area contributed by atoms with E-state index in [1.54, 1.807) is 11.8 Å². The van der Waals surface area contributed by atoms with Crippen LogP contribution in [0.25, 0.3) is 0 Å². The van der Waals surface area contributed by atoms with Crippen LogP contribution in [-0.4, -0.2) is 47.3 Å². The summed E-state index contributed by atoms with van der Waals surface area (Å²) in [6.07, 6.45) is 2.33. The van der Waals surface area contributed by atoms with E-state index in [0.717, 1.165) is 42.8 Å². The van der Waals surface area contributed by atoms with Crippen molar-refractivity contribution in [3.05, 3.63) is 82.1 Å². The molecule has 1 aromatic heterocycles. The van der Waals surface area contributed by atoms with Gasteiger partial charge in [-0.3, -0.25) is 9.69 Å². The molecule has 32 heavy (non-hydrogen) atoms. The number of carbonyl (C=O) groups is 1. The molecular formula is C25H29ClN4O2. The van der Waals surface area contributed by atoms with Gasteiger partial charge in [-0.15, -0.1) is 0 Å². The molecule has 2 aromatic carbocycles. The van der Waals surface area contributed by atoms with Gasteiger partial charge >= 0.3 is 0 Å². The minimum atomic E-state index is -0.203. The quantitative estimate of drug-likeness (QED) is 0.547. The zero-order chi connectivity index (χ0) is 22.5.